The first-order valence-corrected chi connectivity index (χ1v) is 15.7. The Morgan fingerprint density at radius 1 is 0.800 bits per heavy atom. The van der Waals surface area contributed by atoms with Crippen LogP contribution in [0.5, 0.6) is 5.75 Å². The highest BCUT2D eigenvalue weighted by Crippen LogP contribution is 2.22. The molecule has 228 valence electrons. The van der Waals surface area contributed by atoms with E-state index < -0.39 is 12.0 Å². The van der Waals surface area contributed by atoms with E-state index in [1.165, 1.54) is 0 Å². The molecule has 8 heteroatoms. The number of carbonyl (C=O) groups excluding carboxylic acids is 2. The first kappa shape index (κ1) is 31.2. The second kappa shape index (κ2) is 15.5. The Morgan fingerprint density at radius 3 is 2.18 bits per heavy atom. The summed E-state index contributed by atoms with van der Waals surface area (Å²) in [5.74, 6) is -0.497. The van der Waals surface area contributed by atoms with Crippen LogP contribution in [0.4, 0.5) is 11.4 Å². The SMILES string of the molecule is O=C(c1ccccc1)c1ccccc1NC(Cc1ccc(OCCCN(C(=O)Cc2ccsc2)c2ccccc2)cc1)C(=O)O. The van der Waals surface area contributed by atoms with Crippen molar-refractivity contribution in [2.75, 3.05) is 23.4 Å². The van der Waals surface area contributed by atoms with Crippen molar-refractivity contribution in [1.82, 2.24) is 0 Å². The minimum absolute atomic E-state index is 0.0394. The van der Waals surface area contributed by atoms with Gasteiger partial charge in [-0.1, -0.05) is 72.8 Å². The number of nitrogens with one attached hydrogen (secondary N) is 1. The lowest BCUT2D eigenvalue weighted by atomic mass is 10.00. The molecule has 0 aliphatic heterocycles. The maximum atomic E-state index is 13.1. The van der Waals surface area contributed by atoms with Gasteiger partial charge in [0, 0.05) is 35.5 Å². The summed E-state index contributed by atoms with van der Waals surface area (Å²) < 4.78 is 5.96. The second-order valence-corrected chi connectivity index (χ2v) is 11.3. The molecule has 0 aliphatic carbocycles. The molecule has 1 aromatic heterocycles. The zero-order valence-electron chi connectivity index (χ0n) is 24.7. The van der Waals surface area contributed by atoms with Gasteiger partial charge in [0.1, 0.15) is 11.8 Å². The van der Waals surface area contributed by atoms with Crippen molar-refractivity contribution in [3.63, 3.8) is 0 Å². The van der Waals surface area contributed by atoms with Crippen LogP contribution >= 0.6 is 11.3 Å². The van der Waals surface area contributed by atoms with Gasteiger partial charge in [-0.05, 0) is 70.8 Å². The third-order valence-corrected chi connectivity index (χ3v) is 8.03. The van der Waals surface area contributed by atoms with Crippen molar-refractivity contribution in [3.05, 3.63) is 148 Å². The topological polar surface area (TPSA) is 95.9 Å². The Hall–Kier alpha value is -5.21. The molecule has 0 saturated heterocycles. The number of ketones is 1. The Balaban J connectivity index is 1.16. The van der Waals surface area contributed by atoms with Crippen LogP contribution in [0.25, 0.3) is 0 Å². The molecule has 45 heavy (non-hydrogen) atoms. The number of carbonyl (C=O) groups is 3. The predicted octanol–water partition coefficient (Wildman–Crippen LogP) is 7.13. The van der Waals surface area contributed by atoms with Crippen molar-refractivity contribution in [2.24, 2.45) is 0 Å². The van der Waals surface area contributed by atoms with Crippen molar-refractivity contribution in [2.45, 2.75) is 25.3 Å². The van der Waals surface area contributed by atoms with Crippen LogP contribution in [0.15, 0.2) is 126 Å². The number of para-hydroxylation sites is 2. The highest BCUT2D eigenvalue weighted by atomic mass is 32.1. The number of rotatable bonds is 15. The van der Waals surface area contributed by atoms with E-state index in [1.807, 2.05) is 77.5 Å². The number of benzene rings is 4. The van der Waals surface area contributed by atoms with Crippen LogP contribution in [0.3, 0.4) is 0 Å². The Labute approximate surface area is 266 Å². The fourth-order valence-electron chi connectivity index (χ4n) is 4.98. The van der Waals surface area contributed by atoms with E-state index in [1.54, 1.807) is 64.8 Å². The van der Waals surface area contributed by atoms with Gasteiger partial charge in [-0.15, -0.1) is 0 Å². The molecule has 0 saturated carbocycles. The number of ether oxygens (including phenoxy) is 1. The maximum Gasteiger partial charge on any atom is 0.326 e. The molecule has 2 N–H and O–H groups in total. The Bertz CT molecular complexity index is 1690. The molecule has 1 amide bonds. The summed E-state index contributed by atoms with van der Waals surface area (Å²) in [6.07, 6.45) is 1.20. The molecule has 0 spiro atoms. The molecule has 5 aromatic rings. The number of aliphatic carboxylic acids is 1. The number of carboxylic acid groups (broad SMARTS) is 1. The lowest BCUT2D eigenvalue weighted by Gasteiger charge is -2.23. The molecule has 7 nitrogen and oxygen atoms in total. The van der Waals surface area contributed by atoms with Gasteiger partial charge in [-0.3, -0.25) is 9.59 Å². The van der Waals surface area contributed by atoms with Crippen LogP contribution in [0.1, 0.15) is 33.5 Å². The van der Waals surface area contributed by atoms with E-state index in [2.05, 4.69) is 5.32 Å². The Morgan fingerprint density at radius 2 is 1.49 bits per heavy atom. The second-order valence-electron chi connectivity index (χ2n) is 10.5. The zero-order chi connectivity index (χ0) is 31.4. The predicted molar refractivity (Wildman–Crippen MR) is 178 cm³/mol. The van der Waals surface area contributed by atoms with E-state index in [-0.39, 0.29) is 18.1 Å². The fraction of sp³-hybridized carbons (Fsp3) is 0.162. The summed E-state index contributed by atoms with van der Waals surface area (Å²) in [6.45, 7) is 0.936. The largest absolute Gasteiger partial charge is 0.494 e. The van der Waals surface area contributed by atoms with Crippen molar-refractivity contribution >= 4 is 40.4 Å². The quantitative estimate of drug-likeness (QED) is 0.0957. The summed E-state index contributed by atoms with van der Waals surface area (Å²) in [5.41, 5.74) is 4.09. The number of anilines is 2. The zero-order valence-corrected chi connectivity index (χ0v) is 25.5. The molecule has 5 rings (SSSR count). The normalized spacial score (nSPS) is 11.4. The highest BCUT2D eigenvalue weighted by Gasteiger charge is 2.21. The molecule has 0 bridgehead atoms. The number of amides is 1. The summed E-state index contributed by atoms with van der Waals surface area (Å²) >= 11 is 1.58. The summed E-state index contributed by atoms with van der Waals surface area (Å²) in [6, 6.07) is 33.8. The van der Waals surface area contributed by atoms with Gasteiger partial charge in [0.25, 0.3) is 0 Å². The van der Waals surface area contributed by atoms with Gasteiger partial charge in [-0.2, -0.15) is 11.3 Å². The average Bonchev–Trinajstić information content (AvgIpc) is 3.59. The van der Waals surface area contributed by atoms with Gasteiger partial charge in [-0.25, -0.2) is 4.79 Å². The van der Waals surface area contributed by atoms with Gasteiger partial charge < -0.3 is 20.1 Å². The molecular formula is C37H34N2O5S. The third-order valence-electron chi connectivity index (χ3n) is 7.30. The van der Waals surface area contributed by atoms with Crippen molar-refractivity contribution < 1.29 is 24.2 Å². The number of hydrogen-bond acceptors (Lipinski definition) is 6. The van der Waals surface area contributed by atoms with Crippen molar-refractivity contribution in [1.29, 1.82) is 0 Å². The molecule has 0 radical (unpaired) electrons. The highest BCUT2D eigenvalue weighted by molar-refractivity contribution is 7.08. The van der Waals surface area contributed by atoms with Crippen LogP contribution in [0, 0.1) is 0 Å². The minimum Gasteiger partial charge on any atom is -0.494 e. The van der Waals surface area contributed by atoms with Crippen molar-refractivity contribution in [3.8, 4) is 5.75 Å². The minimum atomic E-state index is -1.02. The third kappa shape index (κ3) is 8.68. The van der Waals surface area contributed by atoms with E-state index in [4.69, 9.17) is 4.74 Å². The van der Waals surface area contributed by atoms with Crippen LogP contribution in [0.2, 0.25) is 0 Å². The molecule has 0 fully saturated rings. The number of thiophene rings is 1. The van der Waals surface area contributed by atoms with Crippen LogP contribution in [-0.2, 0) is 22.4 Å². The van der Waals surface area contributed by atoms with E-state index in [9.17, 15) is 19.5 Å². The average molecular weight is 619 g/mol. The lowest BCUT2D eigenvalue weighted by Crippen LogP contribution is -2.33. The summed E-state index contributed by atoms with van der Waals surface area (Å²) in [7, 11) is 0. The van der Waals surface area contributed by atoms with E-state index in [0.717, 1.165) is 16.8 Å². The fourth-order valence-corrected chi connectivity index (χ4v) is 5.65. The van der Waals surface area contributed by atoms with Gasteiger partial charge in [0.05, 0.1) is 13.0 Å². The molecule has 4 aromatic carbocycles. The monoisotopic (exact) mass is 618 g/mol. The smallest absolute Gasteiger partial charge is 0.326 e. The van der Waals surface area contributed by atoms with Gasteiger partial charge >= 0.3 is 5.97 Å². The van der Waals surface area contributed by atoms with Crippen LogP contribution in [-0.4, -0.2) is 42.0 Å². The molecule has 1 atom stereocenters. The number of hydrogen-bond donors (Lipinski definition) is 2. The molecule has 1 unspecified atom stereocenters. The van der Waals surface area contributed by atoms with Gasteiger partial charge in [0.15, 0.2) is 5.78 Å². The van der Waals surface area contributed by atoms with Gasteiger partial charge in [0.2, 0.25) is 5.91 Å². The Kier molecular flexibility index (Phi) is 10.8. The van der Waals surface area contributed by atoms with Crippen LogP contribution < -0.4 is 15.0 Å². The summed E-state index contributed by atoms with van der Waals surface area (Å²) in [4.78, 5) is 40.2. The summed E-state index contributed by atoms with van der Waals surface area (Å²) in [5, 5.41) is 17.0. The first-order valence-electron chi connectivity index (χ1n) is 14.7. The maximum absolute atomic E-state index is 13.1. The molecule has 0 aliphatic rings. The number of carboxylic acids is 1. The first-order chi connectivity index (χ1) is 22.0. The van der Waals surface area contributed by atoms with E-state index in [0.29, 0.717) is 48.6 Å². The standard InChI is InChI=1S/C37H34N2O5S/c40-35(25-28-20-23-45-26-28)39(30-12-5-2-6-13-30)21-9-22-44-31-18-16-27(17-19-31)24-34(37(42)43)38-33-15-8-7-14-32(33)36(41)29-10-3-1-4-11-29/h1-8,10-20,23,26,34,38H,9,21-22,24-25H2,(H,42,43). The molecule has 1 heterocycles. The lowest BCUT2D eigenvalue weighted by molar-refractivity contribution is -0.137. The molecular weight excluding hydrogens is 584 g/mol. The van der Waals surface area contributed by atoms with E-state index >= 15 is 0 Å². The number of nitrogens with zero attached hydrogens (tertiary/aromatic N) is 1.